The van der Waals surface area contributed by atoms with Crippen molar-refractivity contribution in [3.63, 3.8) is 0 Å². The third-order valence-electron chi connectivity index (χ3n) is 2.59. The van der Waals surface area contributed by atoms with Gasteiger partial charge in [0.05, 0.1) is 13.2 Å². The molecule has 0 aromatic rings. The molecule has 0 aliphatic rings. The van der Waals surface area contributed by atoms with E-state index in [4.69, 9.17) is 4.74 Å². The molecule has 14 heavy (non-hydrogen) atoms. The zero-order chi connectivity index (χ0) is 11.4. The van der Waals surface area contributed by atoms with Crippen LogP contribution in [0.3, 0.4) is 0 Å². The van der Waals surface area contributed by atoms with Gasteiger partial charge >= 0.3 is 5.97 Å². The number of carbonyl (C=O) groups excluding carboxylic acids is 1. The van der Waals surface area contributed by atoms with E-state index in [9.17, 15) is 9.90 Å². The van der Waals surface area contributed by atoms with Crippen molar-refractivity contribution in [1.82, 2.24) is 0 Å². The van der Waals surface area contributed by atoms with Gasteiger partial charge in [-0.2, -0.15) is 0 Å². The lowest BCUT2D eigenvalue weighted by Gasteiger charge is -2.34. The standard InChI is InChI=1S/C10H20O4/c1-6-14-7(2)10(3,4)8(11)9(12)13-5/h7-8,11H,6H2,1-5H3. The minimum Gasteiger partial charge on any atom is -0.467 e. The highest BCUT2D eigenvalue weighted by Gasteiger charge is 2.39. The third kappa shape index (κ3) is 2.96. The van der Waals surface area contributed by atoms with Crippen LogP contribution in [0, 0.1) is 5.41 Å². The van der Waals surface area contributed by atoms with E-state index in [0.29, 0.717) is 6.61 Å². The second-order valence-electron chi connectivity index (χ2n) is 3.84. The minimum absolute atomic E-state index is 0.207. The molecule has 0 saturated heterocycles. The highest BCUT2D eigenvalue weighted by Crippen LogP contribution is 2.28. The van der Waals surface area contributed by atoms with E-state index in [1.54, 1.807) is 13.8 Å². The van der Waals surface area contributed by atoms with Gasteiger partial charge in [-0.05, 0) is 13.8 Å². The van der Waals surface area contributed by atoms with Crippen molar-refractivity contribution in [1.29, 1.82) is 0 Å². The fourth-order valence-electron chi connectivity index (χ4n) is 1.10. The van der Waals surface area contributed by atoms with Crippen molar-refractivity contribution in [2.24, 2.45) is 5.41 Å². The summed E-state index contributed by atoms with van der Waals surface area (Å²) in [6, 6.07) is 0. The summed E-state index contributed by atoms with van der Waals surface area (Å²) in [5.41, 5.74) is -0.650. The quantitative estimate of drug-likeness (QED) is 0.678. The van der Waals surface area contributed by atoms with Crippen molar-refractivity contribution in [2.45, 2.75) is 39.9 Å². The second kappa shape index (κ2) is 5.32. The normalized spacial score (nSPS) is 16.1. The maximum atomic E-state index is 11.1. The predicted molar refractivity (Wildman–Crippen MR) is 52.9 cm³/mol. The van der Waals surface area contributed by atoms with Crippen molar-refractivity contribution in [2.75, 3.05) is 13.7 Å². The molecule has 4 heteroatoms. The molecular weight excluding hydrogens is 184 g/mol. The predicted octanol–water partition coefficient (Wildman–Crippen LogP) is 0.971. The molecule has 2 atom stereocenters. The van der Waals surface area contributed by atoms with Gasteiger partial charge in [0.25, 0.3) is 0 Å². The lowest BCUT2D eigenvalue weighted by molar-refractivity contribution is -0.164. The summed E-state index contributed by atoms with van der Waals surface area (Å²) >= 11 is 0. The Morgan fingerprint density at radius 1 is 1.50 bits per heavy atom. The number of carbonyl (C=O) groups is 1. The fraction of sp³-hybridized carbons (Fsp3) is 0.900. The van der Waals surface area contributed by atoms with E-state index >= 15 is 0 Å². The number of aliphatic hydroxyl groups is 1. The lowest BCUT2D eigenvalue weighted by atomic mass is 9.81. The Morgan fingerprint density at radius 2 is 2.00 bits per heavy atom. The van der Waals surface area contributed by atoms with Gasteiger partial charge < -0.3 is 14.6 Å². The van der Waals surface area contributed by atoms with Crippen molar-refractivity contribution in [3.8, 4) is 0 Å². The van der Waals surface area contributed by atoms with Gasteiger partial charge in [-0.1, -0.05) is 13.8 Å². The Kier molecular flexibility index (Phi) is 5.08. The number of rotatable bonds is 5. The molecule has 0 amide bonds. The van der Waals surface area contributed by atoms with Crippen LogP contribution in [-0.4, -0.2) is 37.0 Å². The van der Waals surface area contributed by atoms with Crippen LogP contribution in [0.2, 0.25) is 0 Å². The molecule has 0 rings (SSSR count). The number of hydrogen-bond acceptors (Lipinski definition) is 4. The average Bonchev–Trinajstić information content (AvgIpc) is 2.15. The van der Waals surface area contributed by atoms with Crippen molar-refractivity contribution >= 4 is 5.97 Å². The van der Waals surface area contributed by atoms with Gasteiger partial charge in [-0.15, -0.1) is 0 Å². The first kappa shape index (κ1) is 13.4. The maximum absolute atomic E-state index is 11.1. The van der Waals surface area contributed by atoms with Crippen LogP contribution in [0.5, 0.6) is 0 Å². The highest BCUT2D eigenvalue weighted by atomic mass is 16.5. The molecule has 0 saturated carbocycles. The molecule has 0 bridgehead atoms. The topological polar surface area (TPSA) is 55.8 Å². The molecule has 1 N–H and O–H groups in total. The Morgan fingerprint density at radius 3 is 2.36 bits per heavy atom. The van der Waals surface area contributed by atoms with Crippen molar-refractivity contribution in [3.05, 3.63) is 0 Å². The van der Waals surface area contributed by atoms with Crippen LogP contribution < -0.4 is 0 Å². The Balaban J connectivity index is 4.50. The molecular formula is C10H20O4. The lowest BCUT2D eigenvalue weighted by Crippen LogP contribution is -2.45. The Hall–Kier alpha value is -0.610. The molecule has 4 nitrogen and oxygen atoms in total. The number of ether oxygens (including phenoxy) is 2. The average molecular weight is 204 g/mol. The van der Waals surface area contributed by atoms with E-state index in [1.165, 1.54) is 7.11 Å². The molecule has 84 valence electrons. The van der Waals surface area contributed by atoms with Gasteiger partial charge in [0, 0.05) is 12.0 Å². The largest absolute Gasteiger partial charge is 0.467 e. The Bertz CT molecular complexity index is 189. The molecule has 0 spiro atoms. The molecule has 0 aromatic heterocycles. The molecule has 0 fully saturated rings. The number of methoxy groups -OCH3 is 1. The van der Waals surface area contributed by atoms with Crippen LogP contribution in [0.4, 0.5) is 0 Å². The highest BCUT2D eigenvalue weighted by molar-refractivity contribution is 5.75. The summed E-state index contributed by atoms with van der Waals surface area (Å²) < 4.78 is 9.84. The maximum Gasteiger partial charge on any atom is 0.335 e. The summed E-state index contributed by atoms with van der Waals surface area (Å²) in [6.07, 6.45) is -1.37. The number of esters is 1. The molecule has 0 aliphatic carbocycles. The van der Waals surface area contributed by atoms with Gasteiger partial charge in [0.1, 0.15) is 0 Å². The Labute approximate surface area is 85.2 Å². The van der Waals surface area contributed by atoms with Crippen LogP contribution in [0.25, 0.3) is 0 Å². The summed E-state index contributed by atoms with van der Waals surface area (Å²) in [5, 5.41) is 9.69. The van der Waals surface area contributed by atoms with E-state index < -0.39 is 17.5 Å². The first-order valence-corrected chi connectivity index (χ1v) is 4.75. The third-order valence-corrected chi connectivity index (χ3v) is 2.59. The second-order valence-corrected chi connectivity index (χ2v) is 3.84. The summed E-state index contributed by atoms with van der Waals surface area (Å²) in [6.45, 7) is 7.80. The van der Waals surface area contributed by atoms with Crippen LogP contribution in [0.15, 0.2) is 0 Å². The molecule has 0 aliphatic heterocycles. The summed E-state index contributed by atoms with van der Waals surface area (Å²) in [5.74, 6) is -0.624. The molecule has 0 aromatic carbocycles. The molecule has 0 radical (unpaired) electrons. The zero-order valence-electron chi connectivity index (χ0n) is 9.53. The fourth-order valence-corrected chi connectivity index (χ4v) is 1.10. The summed E-state index contributed by atoms with van der Waals surface area (Å²) in [7, 11) is 1.26. The van der Waals surface area contributed by atoms with Crippen LogP contribution in [-0.2, 0) is 14.3 Å². The van der Waals surface area contributed by atoms with Gasteiger partial charge in [-0.25, -0.2) is 4.79 Å². The van der Waals surface area contributed by atoms with Gasteiger partial charge in [0.15, 0.2) is 6.10 Å². The summed E-state index contributed by atoms with van der Waals surface area (Å²) in [4.78, 5) is 11.1. The van der Waals surface area contributed by atoms with Crippen LogP contribution in [0.1, 0.15) is 27.7 Å². The van der Waals surface area contributed by atoms with Crippen LogP contribution >= 0.6 is 0 Å². The van der Waals surface area contributed by atoms with E-state index in [1.807, 2.05) is 13.8 Å². The smallest absolute Gasteiger partial charge is 0.335 e. The number of hydrogen-bond donors (Lipinski definition) is 1. The SMILES string of the molecule is CCOC(C)C(C)(C)C(O)C(=O)OC. The van der Waals surface area contributed by atoms with Gasteiger partial charge in [-0.3, -0.25) is 0 Å². The van der Waals surface area contributed by atoms with E-state index in [2.05, 4.69) is 4.74 Å². The van der Waals surface area contributed by atoms with Crippen molar-refractivity contribution < 1.29 is 19.4 Å². The number of aliphatic hydroxyl groups excluding tert-OH is 1. The zero-order valence-corrected chi connectivity index (χ0v) is 9.53. The van der Waals surface area contributed by atoms with E-state index in [-0.39, 0.29) is 6.10 Å². The van der Waals surface area contributed by atoms with Gasteiger partial charge in [0.2, 0.25) is 0 Å². The molecule has 0 heterocycles. The van der Waals surface area contributed by atoms with E-state index in [0.717, 1.165) is 0 Å². The monoisotopic (exact) mass is 204 g/mol. The molecule has 2 unspecified atom stereocenters. The first-order valence-electron chi connectivity index (χ1n) is 4.75. The minimum atomic E-state index is -1.16. The first-order chi connectivity index (χ1) is 6.37.